The first-order valence-electron chi connectivity index (χ1n) is 6.10. The summed E-state index contributed by atoms with van der Waals surface area (Å²) in [5, 5.41) is 0. The number of hydrogen-bond acceptors (Lipinski definition) is 4. The number of ether oxygens (including phenoxy) is 1. The summed E-state index contributed by atoms with van der Waals surface area (Å²) in [5.41, 5.74) is -5.69. The van der Waals surface area contributed by atoms with Gasteiger partial charge in [0.05, 0.1) is 18.4 Å². The standard InChI is InChI=1S/C13H11F3N2O4S/c1-22-12(19)9-6-10(17-23(20,21)13(14,15)16)8-11(7-9)18-4-2-3-5-18/h2-8,17H,1H3. The molecule has 1 aromatic carbocycles. The van der Waals surface area contributed by atoms with Gasteiger partial charge in [-0.2, -0.15) is 21.6 Å². The SMILES string of the molecule is COC(=O)c1cc(NS(=O)(=O)C(F)(F)F)cc(-n2cccc2)c1. The van der Waals surface area contributed by atoms with E-state index in [4.69, 9.17) is 0 Å². The van der Waals surface area contributed by atoms with E-state index in [1.54, 1.807) is 24.5 Å². The maximum atomic E-state index is 12.5. The molecule has 0 atom stereocenters. The maximum absolute atomic E-state index is 12.5. The van der Waals surface area contributed by atoms with Gasteiger partial charge in [0.1, 0.15) is 0 Å². The van der Waals surface area contributed by atoms with Crippen LogP contribution >= 0.6 is 0 Å². The van der Waals surface area contributed by atoms with E-state index >= 15 is 0 Å². The molecule has 0 unspecified atom stereocenters. The predicted octanol–water partition coefficient (Wildman–Crippen LogP) is 2.53. The lowest BCUT2D eigenvalue weighted by Crippen LogP contribution is -2.30. The van der Waals surface area contributed by atoms with Crippen molar-refractivity contribution in [2.24, 2.45) is 0 Å². The van der Waals surface area contributed by atoms with Gasteiger partial charge >= 0.3 is 21.5 Å². The molecule has 0 aliphatic carbocycles. The summed E-state index contributed by atoms with van der Waals surface area (Å²) < 4.78 is 67.3. The number of aromatic nitrogens is 1. The lowest BCUT2D eigenvalue weighted by Gasteiger charge is -2.13. The van der Waals surface area contributed by atoms with Gasteiger partial charge in [0.2, 0.25) is 0 Å². The second-order valence-corrected chi connectivity index (χ2v) is 6.08. The summed E-state index contributed by atoms with van der Waals surface area (Å²) in [4.78, 5) is 11.6. The summed E-state index contributed by atoms with van der Waals surface area (Å²) in [5.74, 6) is -0.813. The van der Waals surface area contributed by atoms with Gasteiger partial charge in [-0.05, 0) is 30.3 Å². The van der Waals surface area contributed by atoms with Crippen LogP contribution in [0.4, 0.5) is 18.9 Å². The van der Waals surface area contributed by atoms with Crippen molar-refractivity contribution in [1.82, 2.24) is 4.57 Å². The van der Waals surface area contributed by atoms with Gasteiger partial charge in [0.15, 0.2) is 0 Å². The van der Waals surface area contributed by atoms with Gasteiger partial charge in [-0.3, -0.25) is 4.72 Å². The highest BCUT2D eigenvalue weighted by molar-refractivity contribution is 7.93. The molecular formula is C13H11F3N2O4S. The van der Waals surface area contributed by atoms with Crippen LogP contribution in [0.5, 0.6) is 0 Å². The van der Waals surface area contributed by atoms with Crippen molar-refractivity contribution in [1.29, 1.82) is 0 Å². The summed E-state index contributed by atoms with van der Waals surface area (Å²) >= 11 is 0. The third-order valence-electron chi connectivity index (χ3n) is 2.80. The topological polar surface area (TPSA) is 77.4 Å². The third kappa shape index (κ3) is 3.65. The molecule has 0 bridgehead atoms. The molecule has 10 heteroatoms. The number of sulfonamides is 1. The van der Waals surface area contributed by atoms with E-state index in [1.807, 2.05) is 0 Å². The first-order chi connectivity index (χ1) is 10.6. The van der Waals surface area contributed by atoms with Gasteiger partial charge in [0, 0.05) is 18.1 Å². The first-order valence-corrected chi connectivity index (χ1v) is 7.58. The largest absolute Gasteiger partial charge is 0.516 e. The first kappa shape index (κ1) is 16.9. The zero-order chi connectivity index (χ0) is 17.3. The lowest BCUT2D eigenvalue weighted by molar-refractivity contribution is -0.0429. The fraction of sp³-hybridized carbons (Fsp3) is 0.154. The molecule has 2 aromatic rings. The number of benzene rings is 1. The molecule has 6 nitrogen and oxygen atoms in total. The number of rotatable bonds is 4. The van der Waals surface area contributed by atoms with E-state index in [2.05, 4.69) is 4.74 Å². The Balaban J connectivity index is 2.51. The fourth-order valence-electron chi connectivity index (χ4n) is 1.77. The third-order valence-corrected chi connectivity index (χ3v) is 3.91. The van der Waals surface area contributed by atoms with Crippen LogP contribution < -0.4 is 4.72 Å². The van der Waals surface area contributed by atoms with Crippen LogP contribution in [-0.2, 0) is 14.8 Å². The number of halogens is 3. The Labute approximate surface area is 129 Å². The number of carbonyl (C=O) groups is 1. The lowest BCUT2D eigenvalue weighted by atomic mass is 10.1. The average Bonchev–Trinajstić information content (AvgIpc) is 2.98. The van der Waals surface area contributed by atoms with Crippen molar-refractivity contribution in [2.45, 2.75) is 5.51 Å². The minimum absolute atomic E-state index is 0.0985. The molecule has 0 aliphatic heterocycles. The second kappa shape index (κ2) is 5.95. The number of anilines is 1. The molecule has 0 saturated carbocycles. The molecule has 1 heterocycles. The quantitative estimate of drug-likeness (QED) is 0.862. The fourth-order valence-corrected chi connectivity index (χ4v) is 2.32. The number of esters is 1. The van der Waals surface area contributed by atoms with Crippen LogP contribution in [-0.4, -0.2) is 31.6 Å². The number of nitrogens with zero attached hydrogens (tertiary/aromatic N) is 1. The van der Waals surface area contributed by atoms with Crippen LogP contribution in [0.1, 0.15) is 10.4 Å². The molecular weight excluding hydrogens is 337 g/mol. The minimum Gasteiger partial charge on any atom is -0.465 e. The Morgan fingerprint density at radius 1 is 1.17 bits per heavy atom. The van der Waals surface area contributed by atoms with Crippen molar-refractivity contribution >= 4 is 21.7 Å². The van der Waals surface area contributed by atoms with Crippen molar-refractivity contribution in [3.05, 3.63) is 48.3 Å². The number of methoxy groups -OCH3 is 1. The Morgan fingerprint density at radius 2 is 1.78 bits per heavy atom. The normalized spacial score (nSPS) is 12.0. The summed E-state index contributed by atoms with van der Waals surface area (Å²) in [6.45, 7) is 0. The summed E-state index contributed by atoms with van der Waals surface area (Å²) in [6.07, 6.45) is 3.16. The molecule has 0 saturated heterocycles. The second-order valence-electron chi connectivity index (χ2n) is 4.40. The number of nitrogens with one attached hydrogen (secondary N) is 1. The van der Waals surface area contributed by atoms with Crippen molar-refractivity contribution in [3.8, 4) is 5.69 Å². The highest BCUT2D eigenvalue weighted by atomic mass is 32.2. The van der Waals surface area contributed by atoms with Crippen LogP contribution in [0.2, 0.25) is 0 Å². The summed E-state index contributed by atoms with van der Waals surface area (Å²) in [6, 6.07) is 6.80. The van der Waals surface area contributed by atoms with E-state index in [9.17, 15) is 26.4 Å². The van der Waals surface area contributed by atoms with Crippen molar-refractivity contribution < 1.29 is 31.1 Å². The Kier molecular flexibility index (Phi) is 4.37. The Bertz CT molecular complexity index is 814. The zero-order valence-electron chi connectivity index (χ0n) is 11.7. The van der Waals surface area contributed by atoms with Gasteiger partial charge in [-0.25, -0.2) is 4.79 Å². The van der Waals surface area contributed by atoms with E-state index < -0.39 is 27.2 Å². The van der Waals surface area contributed by atoms with Crippen LogP contribution in [0.25, 0.3) is 5.69 Å². The van der Waals surface area contributed by atoms with E-state index in [0.717, 1.165) is 19.2 Å². The van der Waals surface area contributed by atoms with Gasteiger partial charge in [-0.15, -0.1) is 0 Å². The van der Waals surface area contributed by atoms with Gasteiger partial charge < -0.3 is 9.30 Å². The van der Waals surface area contributed by atoms with E-state index in [0.29, 0.717) is 0 Å². The average molecular weight is 348 g/mol. The highest BCUT2D eigenvalue weighted by Gasteiger charge is 2.46. The molecule has 0 spiro atoms. The monoisotopic (exact) mass is 348 g/mol. The molecule has 23 heavy (non-hydrogen) atoms. The molecule has 0 radical (unpaired) electrons. The number of carbonyl (C=O) groups excluding carboxylic acids is 1. The van der Waals surface area contributed by atoms with E-state index in [1.165, 1.54) is 15.4 Å². The molecule has 1 N–H and O–H groups in total. The highest BCUT2D eigenvalue weighted by Crippen LogP contribution is 2.27. The summed E-state index contributed by atoms with van der Waals surface area (Å²) in [7, 11) is -4.50. The van der Waals surface area contributed by atoms with Gasteiger partial charge in [0.25, 0.3) is 0 Å². The molecule has 124 valence electrons. The minimum atomic E-state index is -5.60. The predicted molar refractivity (Wildman–Crippen MR) is 75.7 cm³/mol. The molecule has 0 aliphatic rings. The number of alkyl halides is 3. The maximum Gasteiger partial charge on any atom is 0.516 e. The zero-order valence-corrected chi connectivity index (χ0v) is 12.5. The van der Waals surface area contributed by atoms with Gasteiger partial charge in [-0.1, -0.05) is 0 Å². The molecule has 2 rings (SSSR count). The van der Waals surface area contributed by atoms with E-state index in [-0.39, 0.29) is 11.3 Å². The Morgan fingerprint density at radius 3 is 2.30 bits per heavy atom. The molecule has 1 aromatic heterocycles. The molecule has 0 fully saturated rings. The molecule has 0 amide bonds. The van der Waals surface area contributed by atoms with Crippen LogP contribution in [0.15, 0.2) is 42.7 Å². The Hall–Kier alpha value is -2.49. The van der Waals surface area contributed by atoms with Crippen LogP contribution in [0.3, 0.4) is 0 Å². The number of hydrogen-bond donors (Lipinski definition) is 1. The van der Waals surface area contributed by atoms with Crippen molar-refractivity contribution in [3.63, 3.8) is 0 Å². The van der Waals surface area contributed by atoms with Crippen molar-refractivity contribution in [2.75, 3.05) is 11.8 Å². The smallest absolute Gasteiger partial charge is 0.465 e. The van der Waals surface area contributed by atoms with Crippen LogP contribution in [0, 0.1) is 0 Å².